The number of aliphatic imine (C=N–C) groups is 3. The molecule has 0 aliphatic carbocycles. The van der Waals surface area contributed by atoms with Gasteiger partial charge in [0.05, 0.1) is 0 Å². The molecular weight excluding hydrogens is 1180 g/mol. The summed E-state index contributed by atoms with van der Waals surface area (Å²) in [5.41, 5.74) is 28.7. The van der Waals surface area contributed by atoms with E-state index in [1.165, 1.54) is 51.5 Å². The average Bonchev–Trinajstić information content (AvgIpc) is 1.65. The summed E-state index contributed by atoms with van der Waals surface area (Å²) in [6.07, 6.45) is 8.84. The third-order valence-electron chi connectivity index (χ3n) is 17.0. The van der Waals surface area contributed by atoms with E-state index in [2.05, 4.69) is 44.9 Å². The zero-order valence-corrected chi connectivity index (χ0v) is 53.3. The Hall–Kier alpha value is -10.8. The van der Waals surface area contributed by atoms with E-state index in [-0.39, 0.29) is 35.6 Å². The quantitative estimate of drug-likeness (QED) is 0.0811. The number of hydrogen-bond acceptors (Lipinski definition) is 15. The largest absolute Gasteiger partial charge is 0.369 e. The molecule has 18 nitrogen and oxygen atoms in total. The number of hydrogen-bond donors (Lipinski definition) is 3. The molecule has 3 atom stereocenters. The Morgan fingerprint density at radius 2 is 0.570 bits per heavy atom. The molecule has 1 unspecified atom stereocenters. The normalized spacial score (nSPS) is 18.4. The molecule has 6 aromatic heterocycles. The molecule has 0 bridgehead atoms. The zero-order valence-electron chi connectivity index (χ0n) is 53.3. The number of guanidine groups is 3. The molecule has 0 saturated heterocycles. The molecule has 6 N–H and O–H groups in total. The first-order valence-electron chi connectivity index (χ1n) is 30.7. The van der Waals surface area contributed by atoms with Crippen molar-refractivity contribution >= 4 is 35.6 Å². The van der Waals surface area contributed by atoms with Crippen LogP contribution in [-0.4, -0.2) is 101 Å². The number of amides is 3. The van der Waals surface area contributed by atoms with Gasteiger partial charge in [-0.15, -0.1) is 0 Å². The second-order valence-corrected chi connectivity index (χ2v) is 22.6. The summed E-state index contributed by atoms with van der Waals surface area (Å²) < 4.78 is 39.9. The van der Waals surface area contributed by atoms with Gasteiger partial charge in [-0.05, 0) is 180 Å². The summed E-state index contributed by atoms with van der Waals surface area (Å²) >= 11 is 0. The predicted octanol–water partition coefficient (Wildman–Crippen LogP) is 10.3. The van der Waals surface area contributed by atoms with Crippen LogP contribution in [0.3, 0.4) is 0 Å². The van der Waals surface area contributed by atoms with Gasteiger partial charge in [-0.1, -0.05) is 96.1 Å². The Kier molecular flexibility index (Phi) is 18.9. The van der Waals surface area contributed by atoms with Crippen LogP contribution in [0, 0.1) is 17.8 Å². The molecule has 12 rings (SSSR count). The lowest BCUT2D eigenvalue weighted by Crippen LogP contribution is -2.41. The maximum atomic E-state index is 13.6. The van der Waals surface area contributed by atoms with Crippen molar-refractivity contribution < 1.29 is 27.6 Å². The summed E-state index contributed by atoms with van der Waals surface area (Å²) in [6.45, 7) is 12.2. The third-order valence-corrected chi connectivity index (χ3v) is 17.0. The van der Waals surface area contributed by atoms with Gasteiger partial charge in [-0.2, -0.15) is 13.2 Å². The van der Waals surface area contributed by atoms with Crippen LogP contribution in [0.15, 0.2) is 179 Å². The minimum Gasteiger partial charge on any atom is -0.369 e. The molecular formula is C72H72F3N15O3. The smallest absolute Gasteiger partial charge is 0.266 e. The fourth-order valence-electron chi connectivity index (χ4n) is 11.6. The van der Waals surface area contributed by atoms with Crippen molar-refractivity contribution in [2.24, 2.45) is 32.2 Å². The molecule has 21 heteroatoms. The van der Waals surface area contributed by atoms with E-state index >= 15 is 0 Å². The van der Waals surface area contributed by atoms with E-state index in [1.807, 2.05) is 151 Å². The van der Waals surface area contributed by atoms with Gasteiger partial charge in [-0.3, -0.25) is 44.0 Å². The maximum absolute atomic E-state index is 13.6. The predicted molar refractivity (Wildman–Crippen MR) is 353 cm³/mol. The number of benzene rings is 3. The number of likely N-dealkylation sites (N-methyl/N-ethyl adjacent to an activating group) is 3. The standard InChI is InChI=1S/3C24H24FN5O/c3*1-4-19-12-18(13-20(5-2)28-19)24(22(31)30(3)23(26)29-24)17-8-6-7-15(11-17)16-9-10-21(25)27-14-16/h3*6-14H,4-5H2,1-3H3,(H2,26,29)/t2*24-;/m10./s1. The molecule has 9 heterocycles. The van der Waals surface area contributed by atoms with Crippen molar-refractivity contribution in [3.8, 4) is 33.4 Å². The first-order chi connectivity index (χ1) is 44.7. The zero-order chi connectivity index (χ0) is 66.5. The van der Waals surface area contributed by atoms with Crippen LogP contribution in [0.25, 0.3) is 33.4 Å². The van der Waals surface area contributed by atoms with Crippen molar-refractivity contribution in [3.63, 3.8) is 0 Å². The third kappa shape index (κ3) is 12.4. The number of rotatable bonds is 15. The van der Waals surface area contributed by atoms with E-state index in [0.717, 1.165) is 123 Å². The van der Waals surface area contributed by atoms with Gasteiger partial charge in [0.25, 0.3) is 17.7 Å². The first-order valence-corrected chi connectivity index (χ1v) is 30.7. The number of nitrogens with two attached hydrogens (primary N) is 3. The first kappa shape index (κ1) is 65.1. The molecule has 0 radical (unpaired) electrons. The number of pyridine rings is 6. The highest BCUT2D eigenvalue weighted by Crippen LogP contribution is 2.44. The molecule has 93 heavy (non-hydrogen) atoms. The summed E-state index contributed by atoms with van der Waals surface area (Å²) in [5, 5.41) is 0. The Labute approximate surface area is 538 Å². The molecule has 3 aliphatic rings. The maximum Gasteiger partial charge on any atom is 0.266 e. The van der Waals surface area contributed by atoms with E-state index in [1.54, 1.807) is 39.3 Å². The van der Waals surface area contributed by atoms with Gasteiger partial charge >= 0.3 is 0 Å². The van der Waals surface area contributed by atoms with Crippen molar-refractivity contribution in [1.82, 2.24) is 44.6 Å². The van der Waals surface area contributed by atoms with E-state index < -0.39 is 34.5 Å². The van der Waals surface area contributed by atoms with Crippen molar-refractivity contribution in [2.45, 2.75) is 96.7 Å². The lowest BCUT2D eigenvalue weighted by Gasteiger charge is -2.27. The van der Waals surface area contributed by atoms with Crippen LogP contribution >= 0.6 is 0 Å². The number of carbonyl (C=O) groups excluding carboxylic acids is 3. The molecule has 3 aromatic carbocycles. The average molecular weight is 1250 g/mol. The highest BCUT2D eigenvalue weighted by atomic mass is 19.1. The Balaban J connectivity index is 0.000000153. The van der Waals surface area contributed by atoms with Gasteiger partial charge in [0.1, 0.15) is 0 Å². The molecule has 0 saturated carbocycles. The summed E-state index contributed by atoms with van der Waals surface area (Å²) in [6, 6.07) is 43.0. The highest BCUT2D eigenvalue weighted by molar-refractivity contribution is 6.11. The van der Waals surface area contributed by atoms with E-state index in [9.17, 15) is 27.6 Å². The molecule has 3 amide bonds. The lowest BCUT2D eigenvalue weighted by molar-refractivity contribution is -0.130. The lowest BCUT2D eigenvalue weighted by atomic mass is 9.81. The highest BCUT2D eigenvalue weighted by Gasteiger charge is 2.52. The minimum absolute atomic E-state index is 0.159. The van der Waals surface area contributed by atoms with Crippen LogP contribution in [0.2, 0.25) is 0 Å². The second kappa shape index (κ2) is 26.9. The minimum atomic E-state index is -1.31. The summed E-state index contributed by atoms with van der Waals surface area (Å²) in [7, 11) is 4.87. The van der Waals surface area contributed by atoms with Crippen LogP contribution in [0.4, 0.5) is 13.2 Å². The van der Waals surface area contributed by atoms with Crippen molar-refractivity contribution in [2.75, 3.05) is 21.1 Å². The molecule has 0 spiro atoms. The SMILES string of the molecule is CCc1cc(C2(c3cccc(-c4ccc(F)nc4)c3)N=C(N)N(C)C2=O)cc(CC)n1.CCc1cc([C@@]2(c3cccc(-c4ccc(F)nc4)c3)N=C(N)N(C)C2=O)cc(CC)n1.CCc1cc([C@]2(c3cccc(-c4ccc(F)nc4)c3)N=C(N)N(C)C2=O)cc(CC)n1. The topological polar surface area (TPSA) is 253 Å². The second-order valence-electron chi connectivity index (χ2n) is 22.6. The van der Waals surface area contributed by atoms with Gasteiger partial charge in [0.2, 0.25) is 17.8 Å². The monoisotopic (exact) mass is 1250 g/mol. The van der Waals surface area contributed by atoms with Gasteiger partial charge in [0, 0.05) is 90.6 Å². The molecule has 474 valence electrons. The van der Waals surface area contributed by atoms with E-state index in [0.29, 0.717) is 16.7 Å². The van der Waals surface area contributed by atoms with Gasteiger partial charge in [0.15, 0.2) is 34.5 Å². The number of carbonyl (C=O) groups is 3. The van der Waals surface area contributed by atoms with Crippen LogP contribution in [0.1, 0.15) is 109 Å². The molecule has 9 aromatic rings. The Bertz CT molecular complexity index is 3900. The van der Waals surface area contributed by atoms with Gasteiger partial charge in [-0.25, -0.2) is 29.9 Å². The molecule has 0 fully saturated rings. The molecule has 3 aliphatic heterocycles. The van der Waals surface area contributed by atoms with Crippen molar-refractivity contribution in [3.05, 3.63) is 250 Å². The summed E-state index contributed by atoms with van der Waals surface area (Å²) in [4.78, 5) is 84.1. The number of nitrogens with zero attached hydrogens (tertiary/aromatic N) is 12. The summed E-state index contributed by atoms with van der Waals surface area (Å²) in [5.74, 6) is -1.84. The fraction of sp³-hybridized carbons (Fsp3) is 0.250. The fourth-order valence-corrected chi connectivity index (χ4v) is 11.6. The van der Waals surface area contributed by atoms with E-state index in [4.69, 9.17) is 17.2 Å². The van der Waals surface area contributed by atoms with Crippen LogP contribution < -0.4 is 17.2 Å². The number of aryl methyl sites for hydroxylation is 6. The van der Waals surface area contributed by atoms with Gasteiger partial charge < -0.3 is 17.2 Å². The van der Waals surface area contributed by atoms with Crippen molar-refractivity contribution in [1.29, 1.82) is 0 Å². The number of aromatic nitrogens is 6. The van der Waals surface area contributed by atoms with Crippen LogP contribution in [-0.2, 0) is 69.5 Å². The van der Waals surface area contributed by atoms with Crippen LogP contribution in [0.5, 0.6) is 0 Å². The Morgan fingerprint density at radius 3 is 0.753 bits per heavy atom. The Morgan fingerprint density at radius 1 is 0.333 bits per heavy atom. The number of halogens is 3.